The van der Waals surface area contributed by atoms with E-state index in [1.54, 1.807) is 22.7 Å². The van der Waals surface area contributed by atoms with E-state index >= 15 is 0 Å². The highest BCUT2D eigenvalue weighted by molar-refractivity contribution is 7.18. The van der Waals surface area contributed by atoms with Crippen LogP contribution in [-0.4, -0.2) is 59.7 Å². The van der Waals surface area contributed by atoms with Gasteiger partial charge in [-0.2, -0.15) is 0 Å². The number of amides is 1. The number of nitrogens with zero attached hydrogens (tertiary/aromatic N) is 4. The number of nitrogens with two attached hydrogens (primary N) is 1. The van der Waals surface area contributed by atoms with Crippen molar-refractivity contribution in [1.29, 1.82) is 0 Å². The van der Waals surface area contributed by atoms with Crippen molar-refractivity contribution < 1.29 is 9.53 Å². The summed E-state index contributed by atoms with van der Waals surface area (Å²) in [6, 6.07) is 3.87. The van der Waals surface area contributed by atoms with Gasteiger partial charge in [-0.25, -0.2) is 9.97 Å². The molecule has 2 aliphatic rings. The van der Waals surface area contributed by atoms with Gasteiger partial charge in [-0.3, -0.25) is 9.69 Å². The molecule has 0 bridgehead atoms. The minimum atomic E-state index is -0.305. The Kier molecular flexibility index (Phi) is 5.21. The number of carbonyl (C=O) groups is 1. The van der Waals surface area contributed by atoms with Gasteiger partial charge in [0.25, 0.3) is 0 Å². The Morgan fingerprint density at radius 1 is 1.24 bits per heavy atom. The van der Waals surface area contributed by atoms with Gasteiger partial charge in [0.1, 0.15) is 22.5 Å². The van der Waals surface area contributed by atoms with E-state index in [1.807, 2.05) is 0 Å². The summed E-state index contributed by atoms with van der Waals surface area (Å²) >= 11 is 3.35. The summed E-state index contributed by atoms with van der Waals surface area (Å²) in [4.78, 5) is 28.5. The Morgan fingerprint density at radius 3 is 2.86 bits per heavy atom. The molecule has 0 spiro atoms. The van der Waals surface area contributed by atoms with Crippen molar-refractivity contribution in [2.75, 3.05) is 37.7 Å². The molecule has 0 aliphatic carbocycles. The second kappa shape index (κ2) is 7.98. The quantitative estimate of drug-likeness (QED) is 0.671. The van der Waals surface area contributed by atoms with E-state index in [9.17, 15) is 4.79 Å². The summed E-state index contributed by atoms with van der Waals surface area (Å²) in [5, 5.41) is 5.27. The van der Waals surface area contributed by atoms with E-state index < -0.39 is 0 Å². The van der Waals surface area contributed by atoms with Gasteiger partial charge in [0.05, 0.1) is 25.1 Å². The fourth-order valence-electron chi connectivity index (χ4n) is 4.13. The minimum absolute atomic E-state index is 0.281. The van der Waals surface area contributed by atoms with Gasteiger partial charge in [-0.1, -0.05) is 6.07 Å². The predicted octanol–water partition coefficient (Wildman–Crippen LogP) is 2.71. The number of fused-ring (bicyclic) bond motifs is 1. The number of aromatic nitrogens is 2. The molecular weight excluding hydrogens is 406 g/mol. The monoisotopic (exact) mass is 429 g/mol. The number of hydrogen-bond donors (Lipinski definition) is 1. The third kappa shape index (κ3) is 3.63. The lowest BCUT2D eigenvalue weighted by atomic mass is 10.1. The van der Waals surface area contributed by atoms with Crippen LogP contribution in [0.25, 0.3) is 20.7 Å². The molecule has 5 heterocycles. The molecule has 1 atom stereocenters. The summed E-state index contributed by atoms with van der Waals surface area (Å²) in [5.74, 6) is 1.37. The van der Waals surface area contributed by atoms with E-state index in [0.717, 1.165) is 73.1 Å². The van der Waals surface area contributed by atoms with Gasteiger partial charge in [-0.15, -0.1) is 22.7 Å². The normalized spacial score (nSPS) is 20.6. The zero-order valence-electron chi connectivity index (χ0n) is 16.0. The van der Waals surface area contributed by atoms with Gasteiger partial charge in [-0.05, 0) is 24.3 Å². The number of carbonyl (C=O) groups excluding carboxylic acids is 1. The highest BCUT2D eigenvalue weighted by Crippen LogP contribution is 2.41. The molecule has 2 saturated heterocycles. The number of anilines is 1. The summed E-state index contributed by atoms with van der Waals surface area (Å²) in [6.45, 7) is 4.73. The van der Waals surface area contributed by atoms with E-state index in [2.05, 4.69) is 32.7 Å². The first-order valence-electron chi connectivity index (χ1n) is 9.89. The van der Waals surface area contributed by atoms with Crippen molar-refractivity contribution in [2.45, 2.75) is 25.4 Å². The number of ether oxygens (including phenoxy) is 1. The molecule has 0 unspecified atom stereocenters. The van der Waals surface area contributed by atoms with Gasteiger partial charge in [0, 0.05) is 35.5 Å². The van der Waals surface area contributed by atoms with E-state index in [-0.39, 0.29) is 11.9 Å². The zero-order valence-corrected chi connectivity index (χ0v) is 17.7. The SMILES string of the molecule is NC(=O)[C@@H]1CCCN1c1nc(CN2CCOCC2)nc2scc(-c3cccs3)c12. The largest absolute Gasteiger partial charge is 0.379 e. The maximum Gasteiger partial charge on any atom is 0.240 e. The summed E-state index contributed by atoms with van der Waals surface area (Å²) < 4.78 is 5.46. The van der Waals surface area contributed by atoms with Crippen molar-refractivity contribution in [3.05, 3.63) is 28.7 Å². The second-order valence-electron chi connectivity index (χ2n) is 7.41. The van der Waals surface area contributed by atoms with E-state index in [4.69, 9.17) is 20.4 Å². The van der Waals surface area contributed by atoms with Crippen molar-refractivity contribution in [1.82, 2.24) is 14.9 Å². The molecule has 7 nitrogen and oxygen atoms in total. The van der Waals surface area contributed by atoms with Crippen LogP contribution in [-0.2, 0) is 16.1 Å². The van der Waals surface area contributed by atoms with Crippen molar-refractivity contribution in [2.24, 2.45) is 5.73 Å². The zero-order chi connectivity index (χ0) is 19.8. The van der Waals surface area contributed by atoms with Crippen LogP contribution < -0.4 is 10.6 Å². The molecule has 3 aromatic rings. The molecule has 2 N–H and O–H groups in total. The fraction of sp³-hybridized carbons (Fsp3) is 0.450. The first-order valence-corrected chi connectivity index (χ1v) is 11.6. The van der Waals surface area contributed by atoms with Gasteiger partial charge in [0.15, 0.2) is 0 Å². The van der Waals surface area contributed by atoms with Crippen LogP contribution >= 0.6 is 22.7 Å². The molecule has 5 rings (SSSR count). The summed E-state index contributed by atoms with van der Waals surface area (Å²) in [6.07, 6.45) is 1.72. The average molecular weight is 430 g/mol. The van der Waals surface area contributed by atoms with Crippen LogP contribution in [0.5, 0.6) is 0 Å². The van der Waals surface area contributed by atoms with E-state index in [1.165, 1.54) is 4.88 Å². The average Bonchev–Trinajstić information content (AvgIpc) is 3.47. The highest BCUT2D eigenvalue weighted by atomic mass is 32.1. The first-order chi connectivity index (χ1) is 14.2. The molecule has 0 aromatic carbocycles. The number of morpholine rings is 1. The molecule has 2 aliphatic heterocycles. The maximum atomic E-state index is 12.1. The Morgan fingerprint density at radius 2 is 2.10 bits per heavy atom. The first kappa shape index (κ1) is 18.9. The van der Waals surface area contributed by atoms with Crippen LogP contribution in [0.3, 0.4) is 0 Å². The van der Waals surface area contributed by atoms with Gasteiger partial charge in [0.2, 0.25) is 5.91 Å². The Bertz CT molecular complexity index is 1010. The number of rotatable bonds is 5. The van der Waals surface area contributed by atoms with E-state index in [0.29, 0.717) is 6.54 Å². The Labute approximate surface area is 177 Å². The van der Waals surface area contributed by atoms with Crippen LogP contribution in [0.15, 0.2) is 22.9 Å². The van der Waals surface area contributed by atoms with Crippen molar-refractivity contribution in [3.8, 4) is 10.4 Å². The standard InChI is InChI=1S/C20H23N5O2S2/c21-18(26)14-3-1-5-25(14)19-17-13(15-4-2-10-28-15)12-29-20(17)23-16(22-19)11-24-6-8-27-9-7-24/h2,4,10,12,14H,1,3,5-9,11H2,(H2,21,26)/t14-/m0/s1. The summed E-state index contributed by atoms with van der Waals surface area (Å²) in [5.41, 5.74) is 6.87. The second-order valence-corrected chi connectivity index (χ2v) is 9.22. The molecule has 9 heteroatoms. The lowest BCUT2D eigenvalue weighted by Crippen LogP contribution is -2.41. The smallest absolute Gasteiger partial charge is 0.240 e. The number of thiophene rings is 2. The molecule has 0 radical (unpaired) electrons. The van der Waals surface area contributed by atoms with Gasteiger partial charge < -0.3 is 15.4 Å². The molecule has 1 amide bonds. The van der Waals surface area contributed by atoms with Crippen LogP contribution in [0, 0.1) is 0 Å². The van der Waals surface area contributed by atoms with Crippen molar-refractivity contribution in [3.63, 3.8) is 0 Å². The number of primary amides is 1. The van der Waals surface area contributed by atoms with Gasteiger partial charge >= 0.3 is 0 Å². The van der Waals surface area contributed by atoms with Crippen LogP contribution in [0.1, 0.15) is 18.7 Å². The topological polar surface area (TPSA) is 84.6 Å². The third-order valence-electron chi connectivity index (χ3n) is 5.57. The molecule has 2 fully saturated rings. The lowest BCUT2D eigenvalue weighted by Gasteiger charge is -2.27. The number of hydrogen-bond acceptors (Lipinski definition) is 8. The highest BCUT2D eigenvalue weighted by Gasteiger charge is 2.33. The lowest BCUT2D eigenvalue weighted by molar-refractivity contribution is -0.119. The predicted molar refractivity (Wildman–Crippen MR) is 116 cm³/mol. The minimum Gasteiger partial charge on any atom is -0.379 e. The van der Waals surface area contributed by atoms with Crippen LogP contribution in [0.2, 0.25) is 0 Å². The Balaban J connectivity index is 1.61. The Hall–Kier alpha value is -2.07. The van der Waals surface area contributed by atoms with Crippen molar-refractivity contribution >= 4 is 44.6 Å². The molecular formula is C20H23N5O2S2. The molecule has 0 saturated carbocycles. The summed E-state index contributed by atoms with van der Waals surface area (Å²) in [7, 11) is 0. The fourth-order valence-corrected chi connectivity index (χ4v) is 5.91. The third-order valence-corrected chi connectivity index (χ3v) is 7.34. The molecule has 3 aromatic heterocycles. The van der Waals surface area contributed by atoms with Crippen LogP contribution in [0.4, 0.5) is 5.82 Å². The maximum absolute atomic E-state index is 12.1. The molecule has 29 heavy (non-hydrogen) atoms. The molecule has 152 valence electrons.